The van der Waals surface area contributed by atoms with Crippen LogP contribution in [-0.2, 0) is 28.4 Å². The Labute approximate surface area is 215 Å². The maximum atomic E-state index is 9.29. The van der Waals surface area contributed by atoms with Crippen LogP contribution >= 0.6 is 0 Å². The van der Waals surface area contributed by atoms with E-state index >= 15 is 0 Å². The summed E-state index contributed by atoms with van der Waals surface area (Å²) in [6.45, 7) is 1.58. The van der Waals surface area contributed by atoms with Crippen LogP contribution in [0.4, 0.5) is 0 Å². The summed E-state index contributed by atoms with van der Waals surface area (Å²) in [5.41, 5.74) is 0. The van der Waals surface area contributed by atoms with E-state index in [4.69, 9.17) is 38.6 Å². The van der Waals surface area contributed by atoms with Crippen LogP contribution in [0.25, 0.3) is 0 Å². The van der Waals surface area contributed by atoms with E-state index in [1.54, 1.807) is 0 Å². The summed E-state index contributed by atoms with van der Waals surface area (Å²) < 4.78 is 35.8. The normalized spacial score (nSPS) is 15.2. The Bertz CT molecular complexity index is 394. The van der Waals surface area contributed by atoms with Gasteiger partial charge in [0.15, 0.2) is 0 Å². The van der Waals surface area contributed by atoms with Crippen LogP contribution in [-0.4, -0.2) is 148 Å². The first-order valence-electron chi connectivity index (χ1n) is 13.0. The largest absolute Gasteiger partial charge is 0.396 e. The maximum Gasteiger partial charge on any atom is 0.115 e. The Morgan fingerprint density at radius 2 is 0.639 bits per heavy atom. The highest BCUT2D eigenvalue weighted by Crippen LogP contribution is 2.21. The van der Waals surface area contributed by atoms with Gasteiger partial charge in [-0.15, -0.1) is 0 Å². The van der Waals surface area contributed by atoms with Crippen molar-refractivity contribution < 1.29 is 59.1 Å². The van der Waals surface area contributed by atoms with E-state index in [2.05, 4.69) is 0 Å². The zero-order valence-corrected chi connectivity index (χ0v) is 21.6. The lowest BCUT2D eigenvalue weighted by Gasteiger charge is -2.37. The van der Waals surface area contributed by atoms with Gasteiger partial charge in [-0.3, -0.25) is 0 Å². The number of hydrogen-bond donors (Lipinski definition) is 6. The molecule has 0 fully saturated rings. The number of rotatable bonds is 29. The van der Waals surface area contributed by atoms with E-state index in [0.29, 0.717) is 51.7 Å². The van der Waals surface area contributed by atoms with Crippen LogP contribution in [0.2, 0.25) is 0 Å². The molecule has 0 aromatic carbocycles. The third-order valence-corrected chi connectivity index (χ3v) is 5.01. The Balaban J connectivity index is 5.87. The molecule has 4 unspecified atom stereocenters. The van der Waals surface area contributed by atoms with Crippen molar-refractivity contribution in [2.24, 2.45) is 0 Å². The first-order valence-corrected chi connectivity index (χ1v) is 13.0. The maximum absolute atomic E-state index is 9.29. The zero-order valence-electron chi connectivity index (χ0n) is 21.6. The van der Waals surface area contributed by atoms with Gasteiger partial charge < -0.3 is 59.1 Å². The second-order valence-corrected chi connectivity index (χ2v) is 8.10. The molecule has 0 amide bonds. The fourth-order valence-electron chi connectivity index (χ4n) is 3.20. The molecule has 0 radical (unpaired) electrons. The van der Waals surface area contributed by atoms with E-state index in [9.17, 15) is 20.4 Å². The zero-order chi connectivity index (χ0) is 26.7. The lowest BCUT2D eigenvalue weighted by Crippen LogP contribution is -2.53. The van der Waals surface area contributed by atoms with E-state index in [1.165, 1.54) is 0 Å². The second kappa shape index (κ2) is 27.6. The highest BCUT2D eigenvalue weighted by atomic mass is 16.6. The van der Waals surface area contributed by atoms with Gasteiger partial charge in [0.25, 0.3) is 0 Å². The number of aliphatic hydroxyl groups excluding tert-OH is 6. The minimum absolute atomic E-state index is 0.00862. The van der Waals surface area contributed by atoms with E-state index in [-0.39, 0.29) is 79.3 Å². The Morgan fingerprint density at radius 3 is 0.944 bits per heavy atom. The lowest BCUT2D eigenvalue weighted by atomic mass is 10.0. The molecular formula is C24H50O12. The van der Waals surface area contributed by atoms with Gasteiger partial charge in [0.05, 0.1) is 13.2 Å². The summed E-state index contributed by atoms with van der Waals surface area (Å²) in [5, 5.41) is 55.2. The van der Waals surface area contributed by atoms with Crippen molar-refractivity contribution in [1.29, 1.82) is 0 Å². The van der Waals surface area contributed by atoms with Crippen LogP contribution < -0.4 is 0 Å². The van der Waals surface area contributed by atoms with Gasteiger partial charge in [-0.05, 0) is 38.5 Å². The number of hydrogen-bond acceptors (Lipinski definition) is 12. The van der Waals surface area contributed by atoms with Gasteiger partial charge in [0.2, 0.25) is 0 Å². The molecule has 0 aromatic heterocycles. The first kappa shape index (κ1) is 35.5. The van der Waals surface area contributed by atoms with Crippen LogP contribution in [0.3, 0.4) is 0 Å². The Kier molecular flexibility index (Phi) is 27.2. The highest BCUT2D eigenvalue weighted by Gasteiger charge is 2.38. The molecule has 0 spiro atoms. The SMILES string of the molecule is OCCCOCC(OCCCO)C(OCCCO)C(OCCCO)C(COCCCO)OCCCO. The van der Waals surface area contributed by atoms with Crippen LogP contribution in [0.5, 0.6) is 0 Å². The summed E-state index contributed by atoms with van der Waals surface area (Å²) in [6, 6.07) is 0. The standard InChI is InChI=1S/C24H50O12/c25-7-1-13-31-19-21(33-15-3-9-27)23(35-17-5-11-29)24(36-18-6-12-30)22(34-16-4-10-28)20-32-14-2-8-26/h21-30H,1-20H2. The van der Waals surface area contributed by atoms with Crippen molar-refractivity contribution in [3.8, 4) is 0 Å². The van der Waals surface area contributed by atoms with E-state index in [0.717, 1.165) is 0 Å². The molecule has 0 heterocycles. The predicted molar refractivity (Wildman–Crippen MR) is 131 cm³/mol. The number of ether oxygens (including phenoxy) is 6. The summed E-state index contributed by atoms with van der Waals surface area (Å²) in [6.07, 6.45) is -0.186. The predicted octanol–water partition coefficient (Wildman–Crippen LogP) is -1.15. The fraction of sp³-hybridized carbons (Fsp3) is 1.00. The van der Waals surface area contributed by atoms with Crippen LogP contribution in [0.1, 0.15) is 38.5 Å². The smallest absolute Gasteiger partial charge is 0.115 e. The van der Waals surface area contributed by atoms with Crippen molar-refractivity contribution in [1.82, 2.24) is 0 Å². The first-order chi connectivity index (χ1) is 17.7. The molecule has 0 saturated carbocycles. The van der Waals surface area contributed by atoms with Crippen molar-refractivity contribution in [2.45, 2.75) is 62.9 Å². The molecule has 0 aliphatic rings. The third kappa shape index (κ3) is 18.7. The molecule has 36 heavy (non-hydrogen) atoms. The van der Waals surface area contributed by atoms with Gasteiger partial charge in [-0.2, -0.15) is 0 Å². The summed E-state index contributed by atoms with van der Waals surface area (Å²) in [7, 11) is 0. The molecule has 12 nitrogen and oxygen atoms in total. The molecule has 6 N–H and O–H groups in total. The lowest BCUT2D eigenvalue weighted by molar-refractivity contribution is -0.199. The van der Waals surface area contributed by atoms with Crippen molar-refractivity contribution in [3.63, 3.8) is 0 Å². The molecule has 12 heteroatoms. The Morgan fingerprint density at radius 1 is 0.361 bits per heavy atom. The van der Waals surface area contributed by atoms with Crippen LogP contribution in [0, 0.1) is 0 Å². The molecule has 0 bridgehead atoms. The third-order valence-electron chi connectivity index (χ3n) is 5.01. The number of aliphatic hydroxyl groups is 6. The van der Waals surface area contributed by atoms with Gasteiger partial charge in [0.1, 0.15) is 24.4 Å². The molecule has 0 saturated heterocycles. The van der Waals surface area contributed by atoms with E-state index in [1.807, 2.05) is 0 Å². The van der Waals surface area contributed by atoms with Gasteiger partial charge in [-0.1, -0.05) is 0 Å². The quantitative estimate of drug-likeness (QED) is 0.0642. The average molecular weight is 531 g/mol. The van der Waals surface area contributed by atoms with Gasteiger partial charge in [-0.25, -0.2) is 0 Å². The molecule has 0 aliphatic carbocycles. The molecule has 0 aromatic rings. The van der Waals surface area contributed by atoms with E-state index < -0.39 is 24.4 Å². The minimum Gasteiger partial charge on any atom is -0.396 e. The van der Waals surface area contributed by atoms with Crippen molar-refractivity contribution in [2.75, 3.05) is 92.5 Å². The van der Waals surface area contributed by atoms with Gasteiger partial charge in [0, 0.05) is 79.3 Å². The van der Waals surface area contributed by atoms with Gasteiger partial charge >= 0.3 is 0 Å². The van der Waals surface area contributed by atoms with Crippen LogP contribution in [0.15, 0.2) is 0 Å². The molecular weight excluding hydrogens is 480 g/mol. The fourth-order valence-corrected chi connectivity index (χ4v) is 3.20. The van der Waals surface area contributed by atoms with Crippen molar-refractivity contribution >= 4 is 0 Å². The summed E-state index contributed by atoms with van der Waals surface area (Å²) in [5.74, 6) is 0. The molecule has 4 atom stereocenters. The summed E-state index contributed by atoms with van der Waals surface area (Å²) in [4.78, 5) is 0. The Hall–Kier alpha value is -0.480. The molecule has 0 aliphatic heterocycles. The monoisotopic (exact) mass is 530 g/mol. The topological polar surface area (TPSA) is 177 Å². The minimum atomic E-state index is -0.719. The summed E-state index contributed by atoms with van der Waals surface area (Å²) >= 11 is 0. The molecule has 0 rings (SSSR count). The average Bonchev–Trinajstić information content (AvgIpc) is 2.88. The molecule has 218 valence electrons. The highest BCUT2D eigenvalue weighted by molar-refractivity contribution is 4.87. The second-order valence-electron chi connectivity index (χ2n) is 8.10. The van der Waals surface area contributed by atoms with Crippen molar-refractivity contribution in [3.05, 3.63) is 0 Å².